The highest BCUT2D eigenvalue weighted by Gasteiger charge is 2.25. The molecule has 1 aromatic heterocycles. The zero-order valence-corrected chi connectivity index (χ0v) is 23.4. The van der Waals surface area contributed by atoms with Gasteiger partial charge in [-0.15, -0.1) is 0 Å². The van der Waals surface area contributed by atoms with Gasteiger partial charge in [0, 0.05) is 59.4 Å². The second-order valence-corrected chi connectivity index (χ2v) is 12.0. The number of rotatable bonds is 5. The first-order valence-corrected chi connectivity index (χ1v) is 14.7. The summed E-state index contributed by atoms with van der Waals surface area (Å²) in [5.41, 5.74) is 4.10. The Hall–Kier alpha value is -3.07. The molecule has 7 nitrogen and oxygen atoms in total. The van der Waals surface area contributed by atoms with Crippen LogP contribution in [0.2, 0.25) is 0 Å². The highest BCUT2D eigenvalue weighted by atomic mass is 32.2. The van der Waals surface area contributed by atoms with Crippen molar-refractivity contribution in [3.63, 3.8) is 0 Å². The Kier molecular flexibility index (Phi) is 7.51. The summed E-state index contributed by atoms with van der Waals surface area (Å²) in [6.45, 7) is 7.82. The maximum absolute atomic E-state index is 12.8. The molecule has 0 aliphatic carbocycles. The first-order chi connectivity index (χ1) is 18.9. The highest BCUT2D eigenvalue weighted by Crippen LogP contribution is 2.45. The summed E-state index contributed by atoms with van der Waals surface area (Å²) in [5.74, 6) is 1.27. The summed E-state index contributed by atoms with van der Waals surface area (Å²) in [6, 6.07) is 15.6. The smallest absolute Gasteiger partial charge is 0.238 e. The van der Waals surface area contributed by atoms with Gasteiger partial charge in [-0.2, -0.15) is 0 Å². The van der Waals surface area contributed by atoms with Gasteiger partial charge in [-0.25, -0.2) is 0 Å². The molecule has 4 heterocycles. The number of benzene rings is 2. The number of nitrogens with zero attached hydrogens (tertiary/aromatic N) is 2. The Balaban J connectivity index is 1.20. The monoisotopic (exact) mass is 545 g/mol. The zero-order chi connectivity index (χ0) is 26.9. The number of anilines is 2. The quantitative estimate of drug-likeness (QED) is 0.360. The van der Waals surface area contributed by atoms with Gasteiger partial charge in [0.15, 0.2) is 11.3 Å². The first kappa shape index (κ1) is 26.2. The number of morpholine rings is 1. The molecule has 6 rings (SSSR count). The molecule has 2 atom stereocenters. The third-order valence-electron chi connectivity index (χ3n) is 7.58. The van der Waals surface area contributed by atoms with Crippen LogP contribution in [0.1, 0.15) is 44.2 Å². The van der Waals surface area contributed by atoms with Crippen molar-refractivity contribution in [2.75, 3.05) is 42.9 Å². The highest BCUT2D eigenvalue weighted by molar-refractivity contribution is 7.99. The minimum absolute atomic E-state index is 0.00832. The Morgan fingerprint density at radius 1 is 1.00 bits per heavy atom. The molecule has 2 aromatic carbocycles. The lowest BCUT2D eigenvalue weighted by molar-refractivity contribution is -0.121. The van der Waals surface area contributed by atoms with E-state index in [-0.39, 0.29) is 23.5 Å². The second kappa shape index (κ2) is 11.2. The molecule has 2 fully saturated rings. The molecule has 0 saturated carbocycles. The van der Waals surface area contributed by atoms with Crippen LogP contribution in [0.4, 0.5) is 11.6 Å². The largest absolute Gasteiger partial charge is 0.440 e. The molecule has 0 spiro atoms. The molecular formula is C31H35N3O4S. The van der Waals surface area contributed by atoms with E-state index in [9.17, 15) is 9.59 Å². The van der Waals surface area contributed by atoms with Gasteiger partial charge in [0.2, 0.25) is 5.91 Å². The van der Waals surface area contributed by atoms with Crippen LogP contribution in [-0.2, 0) is 16.0 Å². The molecule has 3 aromatic rings. The molecule has 204 valence electrons. The number of ether oxygens (including phenoxy) is 1. The summed E-state index contributed by atoms with van der Waals surface area (Å²) >= 11 is 1.70. The number of nitrogens with one attached hydrogen (secondary N) is 1. The average Bonchev–Trinajstić information content (AvgIpc) is 2.91. The number of amides is 1. The topological polar surface area (TPSA) is 75.0 Å². The van der Waals surface area contributed by atoms with E-state index in [2.05, 4.69) is 33.3 Å². The van der Waals surface area contributed by atoms with Gasteiger partial charge < -0.3 is 19.4 Å². The molecule has 8 heteroatoms. The second-order valence-electron chi connectivity index (χ2n) is 10.9. The van der Waals surface area contributed by atoms with Crippen molar-refractivity contribution in [3.05, 3.63) is 69.9 Å². The van der Waals surface area contributed by atoms with Crippen molar-refractivity contribution in [2.45, 2.75) is 61.5 Å². The van der Waals surface area contributed by atoms with Crippen LogP contribution in [0, 0.1) is 0 Å². The van der Waals surface area contributed by atoms with Gasteiger partial charge in [0.1, 0.15) is 5.76 Å². The summed E-state index contributed by atoms with van der Waals surface area (Å²) in [5, 5.41) is 3.09. The van der Waals surface area contributed by atoms with E-state index >= 15 is 0 Å². The van der Waals surface area contributed by atoms with E-state index in [1.807, 2.05) is 32.0 Å². The van der Waals surface area contributed by atoms with E-state index in [0.29, 0.717) is 18.2 Å². The number of piperidine rings is 1. The molecule has 3 aliphatic rings. The number of hydrogen-bond acceptors (Lipinski definition) is 7. The third-order valence-corrected chi connectivity index (χ3v) is 8.89. The summed E-state index contributed by atoms with van der Waals surface area (Å²) in [4.78, 5) is 32.0. The number of hydrogen-bond donors (Lipinski definition) is 1. The van der Waals surface area contributed by atoms with Gasteiger partial charge in [-0.3, -0.25) is 14.5 Å². The van der Waals surface area contributed by atoms with Crippen molar-refractivity contribution < 1.29 is 13.9 Å². The zero-order valence-electron chi connectivity index (χ0n) is 22.6. The summed E-state index contributed by atoms with van der Waals surface area (Å²) < 4.78 is 12.1. The fraction of sp³-hybridized carbons (Fsp3) is 0.419. The van der Waals surface area contributed by atoms with Crippen LogP contribution >= 0.6 is 11.8 Å². The molecule has 1 amide bonds. The van der Waals surface area contributed by atoms with E-state index in [1.54, 1.807) is 23.9 Å². The Labute approximate surface area is 233 Å². The predicted molar refractivity (Wildman–Crippen MR) is 155 cm³/mol. The van der Waals surface area contributed by atoms with Crippen molar-refractivity contribution in [3.8, 4) is 11.3 Å². The van der Waals surface area contributed by atoms with Crippen LogP contribution in [0.15, 0.2) is 67.5 Å². The number of carbonyl (C=O) groups excluding carboxylic acids is 1. The summed E-state index contributed by atoms with van der Waals surface area (Å²) in [7, 11) is 0. The van der Waals surface area contributed by atoms with Crippen molar-refractivity contribution in [1.29, 1.82) is 0 Å². The van der Waals surface area contributed by atoms with Gasteiger partial charge in [0.05, 0.1) is 18.8 Å². The van der Waals surface area contributed by atoms with Crippen molar-refractivity contribution in [1.82, 2.24) is 4.90 Å². The maximum Gasteiger partial charge on any atom is 0.238 e. The van der Waals surface area contributed by atoms with E-state index in [1.165, 1.54) is 17.5 Å². The third kappa shape index (κ3) is 5.93. The lowest BCUT2D eigenvalue weighted by Gasteiger charge is -2.34. The Morgan fingerprint density at radius 3 is 2.59 bits per heavy atom. The molecule has 1 N–H and O–H groups in total. The first-order valence-electron chi connectivity index (χ1n) is 13.9. The van der Waals surface area contributed by atoms with Gasteiger partial charge in [-0.05, 0) is 68.9 Å². The lowest BCUT2D eigenvalue weighted by Crippen LogP contribution is -2.48. The normalized spacial score (nSPS) is 21.2. The molecular weight excluding hydrogens is 510 g/mol. The lowest BCUT2D eigenvalue weighted by atomic mass is 10.00. The van der Waals surface area contributed by atoms with Gasteiger partial charge in [0.25, 0.3) is 0 Å². The SMILES string of the molecule is C[C@@H]1CN(CC(=O)Nc2ccc3c(c2)Cc2cccc(-c4cc(=O)cc(N5CCCCC5)o4)c2S3)C[C@H](C)O1. The average molecular weight is 546 g/mol. The minimum atomic E-state index is -0.0305. The molecule has 0 bridgehead atoms. The van der Waals surface area contributed by atoms with E-state index in [4.69, 9.17) is 9.15 Å². The van der Waals surface area contributed by atoms with Crippen LogP contribution in [0.3, 0.4) is 0 Å². The summed E-state index contributed by atoms with van der Waals surface area (Å²) in [6.07, 6.45) is 4.48. The minimum Gasteiger partial charge on any atom is -0.440 e. The number of carbonyl (C=O) groups is 1. The molecule has 39 heavy (non-hydrogen) atoms. The fourth-order valence-electron chi connectivity index (χ4n) is 5.93. The van der Waals surface area contributed by atoms with Crippen molar-refractivity contribution >= 4 is 29.2 Å². The molecule has 0 radical (unpaired) electrons. The predicted octanol–water partition coefficient (Wildman–Crippen LogP) is 5.40. The van der Waals surface area contributed by atoms with E-state index in [0.717, 1.165) is 66.5 Å². The van der Waals surface area contributed by atoms with Crippen LogP contribution in [0.5, 0.6) is 0 Å². The fourth-order valence-corrected chi connectivity index (χ4v) is 7.10. The van der Waals surface area contributed by atoms with E-state index < -0.39 is 0 Å². The van der Waals surface area contributed by atoms with Crippen molar-refractivity contribution in [2.24, 2.45) is 0 Å². The van der Waals surface area contributed by atoms with Gasteiger partial charge in [-0.1, -0.05) is 30.0 Å². The van der Waals surface area contributed by atoms with Crippen LogP contribution in [-0.4, -0.2) is 55.7 Å². The Bertz CT molecular complexity index is 1420. The maximum atomic E-state index is 12.8. The Morgan fingerprint density at radius 2 is 1.79 bits per heavy atom. The van der Waals surface area contributed by atoms with Crippen LogP contribution in [0.25, 0.3) is 11.3 Å². The van der Waals surface area contributed by atoms with Crippen LogP contribution < -0.4 is 15.6 Å². The van der Waals surface area contributed by atoms with Gasteiger partial charge >= 0.3 is 0 Å². The molecule has 3 aliphatic heterocycles. The standard InChI is InChI=1S/C31H35N3O4S/c1-20-17-33(18-21(2)37-20)19-29(36)32-24-9-10-28-23(14-24)13-22-7-6-8-26(31(22)39-28)27-15-25(35)16-30(38-27)34-11-4-3-5-12-34/h6-10,14-16,20-21H,3-5,11-13,17-19H2,1-2H3,(H,32,36)/t20-,21+. The molecule has 2 saturated heterocycles. The molecule has 0 unspecified atom stereocenters. The number of fused-ring (bicyclic) bond motifs is 2.